The average Bonchev–Trinajstić information content (AvgIpc) is 3.02. The Kier molecular flexibility index (Phi) is 4.32. The van der Waals surface area contributed by atoms with Crippen LogP contribution in [0.5, 0.6) is 0 Å². The maximum Gasteiger partial charge on any atom is 0.317 e. The molecule has 1 unspecified atom stereocenters. The van der Waals surface area contributed by atoms with Gasteiger partial charge in [0.15, 0.2) is 0 Å². The second kappa shape index (κ2) is 6.02. The molecule has 3 fully saturated rings. The molecule has 0 bridgehead atoms. The first-order valence-electron chi connectivity index (χ1n) is 8.33. The van der Waals surface area contributed by atoms with E-state index < -0.39 is 5.97 Å². The number of hydrogen-bond acceptors (Lipinski definition) is 3. The van der Waals surface area contributed by atoms with E-state index in [2.05, 4.69) is 17.1 Å². The van der Waals surface area contributed by atoms with Gasteiger partial charge in [-0.25, -0.2) is 0 Å². The van der Waals surface area contributed by atoms with Crippen LogP contribution in [0, 0.1) is 11.8 Å². The van der Waals surface area contributed by atoms with Crippen LogP contribution in [0.4, 0.5) is 0 Å². The largest absolute Gasteiger partial charge is 0.480 e. The summed E-state index contributed by atoms with van der Waals surface area (Å²) in [5.74, 6) is 0.982. The molecule has 3 aliphatic rings. The van der Waals surface area contributed by atoms with Crippen molar-refractivity contribution in [1.82, 2.24) is 10.2 Å². The molecule has 0 spiro atoms. The van der Waals surface area contributed by atoms with Crippen molar-refractivity contribution in [2.24, 2.45) is 11.8 Å². The van der Waals surface area contributed by atoms with Crippen molar-refractivity contribution in [2.45, 2.75) is 70.0 Å². The first kappa shape index (κ1) is 14.3. The molecule has 3 saturated carbocycles. The van der Waals surface area contributed by atoms with Crippen LogP contribution < -0.4 is 5.32 Å². The van der Waals surface area contributed by atoms with Crippen LogP contribution in [0.1, 0.15) is 51.9 Å². The van der Waals surface area contributed by atoms with Gasteiger partial charge in [0.1, 0.15) is 0 Å². The van der Waals surface area contributed by atoms with E-state index in [-0.39, 0.29) is 6.54 Å². The topological polar surface area (TPSA) is 52.6 Å². The number of carboxylic acids is 1. The molecule has 4 heteroatoms. The Labute approximate surface area is 121 Å². The minimum Gasteiger partial charge on any atom is -0.480 e. The molecule has 0 aromatic heterocycles. The normalized spacial score (nSPS) is 31.7. The van der Waals surface area contributed by atoms with E-state index in [1.807, 2.05) is 0 Å². The van der Waals surface area contributed by atoms with Gasteiger partial charge < -0.3 is 10.4 Å². The third-order valence-electron chi connectivity index (χ3n) is 5.51. The fourth-order valence-corrected chi connectivity index (χ4v) is 3.62. The lowest BCUT2D eigenvalue weighted by Gasteiger charge is -2.45. The van der Waals surface area contributed by atoms with Crippen molar-refractivity contribution < 1.29 is 9.90 Å². The zero-order valence-corrected chi connectivity index (χ0v) is 12.6. The molecule has 0 saturated heterocycles. The Morgan fingerprint density at radius 3 is 2.50 bits per heavy atom. The highest BCUT2D eigenvalue weighted by molar-refractivity contribution is 5.69. The van der Waals surface area contributed by atoms with Gasteiger partial charge in [0, 0.05) is 24.7 Å². The van der Waals surface area contributed by atoms with Crippen LogP contribution in [0.15, 0.2) is 0 Å². The van der Waals surface area contributed by atoms with Crippen LogP contribution in [0.25, 0.3) is 0 Å². The summed E-state index contributed by atoms with van der Waals surface area (Å²) < 4.78 is 0. The van der Waals surface area contributed by atoms with Crippen LogP contribution in [0.3, 0.4) is 0 Å². The summed E-state index contributed by atoms with van der Waals surface area (Å²) in [6.45, 7) is 3.55. The fourth-order valence-electron chi connectivity index (χ4n) is 3.62. The van der Waals surface area contributed by atoms with Crippen molar-refractivity contribution in [3.63, 3.8) is 0 Å². The Morgan fingerprint density at radius 1 is 1.30 bits per heavy atom. The highest BCUT2D eigenvalue weighted by Crippen LogP contribution is 2.35. The van der Waals surface area contributed by atoms with Gasteiger partial charge in [-0.2, -0.15) is 0 Å². The average molecular weight is 280 g/mol. The smallest absolute Gasteiger partial charge is 0.317 e. The lowest BCUT2D eigenvalue weighted by atomic mass is 9.78. The number of nitrogens with zero attached hydrogens (tertiary/aromatic N) is 1. The Bertz CT molecular complexity index is 346. The van der Waals surface area contributed by atoms with Gasteiger partial charge in [-0.15, -0.1) is 0 Å². The Hall–Kier alpha value is -0.610. The molecule has 2 N–H and O–H groups in total. The predicted octanol–water partition coefficient (Wildman–Crippen LogP) is 2.09. The summed E-state index contributed by atoms with van der Waals surface area (Å²) in [6, 6.07) is 1.76. The van der Waals surface area contributed by atoms with Gasteiger partial charge in [0.2, 0.25) is 0 Å². The highest BCUT2D eigenvalue weighted by atomic mass is 16.4. The van der Waals surface area contributed by atoms with Gasteiger partial charge in [-0.1, -0.05) is 6.42 Å². The standard InChI is InChI=1S/C16H28N2O2/c1-11(13-3-2-4-13)17-14-7-15(8-14)18(10-16(19)20)9-12-5-6-12/h11-15,17H,2-10H2,1H3,(H,19,20). The second-order valence-corrected chi connectivity index (χ2v) is 7.24. The monoisotopic (exact) mass is 280 g/mol. The molecule has 114 valence electrons. The molecule has 0 radical (unpaired) electrons. The van der Waals surface area contributed by atoms with Crippen molar-refractivity contribution in [2.75, 3.05) is 13.1 Å². The van der Waals surface area contributed by atoms with Crippen LogP contribution in [-0.4, -0.2) is 47.2 Å². The molecular formula is C16H28N2O2. The summed E-state index contributed by atoms with van der Waals surface area (Å²) in [4.78, 5) is 13.2. The molecule has 0 aromatic rings. The van der Waals surface area contributed by atoms with Gasteiger partial charge in [0.25, 0.3) is 0 Å². The van der Waals surface area contributed by atoms with E-state index in [4.69, 9.17) is 5.11 Å². The third kappa shape index (κ3) is 3.53. The Morgan fingerprint density at radius 2 is 2.00 bits per heavy atom. The van der Waals surface area contributed by atoms with Gasteiger partial charge in [0.05, 0.1) is 6.54 Å². The van der Waals surface area contributed by atoms with Crippen LogP contribution in [0.2, 0.25) is 0 Å². The minimum absolute atomic E-state index is 0.228. The highest BCUT2D eigenvalue weighted by Gasteiger charge is 2.38. The molecule has 3 aliphatic carbocycles. The minimum atomic E-state index is -0.676. The molecule has 0 heterocycles. The van der Waals surface area contributed by atoms with Gasteiger partial charge >= 0.3 is 5.97 Å². The Balaban J connectivity index is 1.40. The van der Waals surface area contributed by atoms with E-state index in [1.165, 1.54) is 32.1 Å². The summed E-state index contributed by atoms with van der Waals surface area (Å²) in [7, 11) is 0. The number of carboxylic acid groups (broad SMARTS) is 1. The zero-order valence-electron chi connectivity index (χ0n) is 12.6. The first-order valence-corrected chi connectivity index (χ1v) is 8.33. The SMILES string of the molecule is CC(NC1CC(N(CC(=O)O)CC2CC2)C1)C1CCC1. The van der Waals surface area contributed by atoms with E-state index in [0.717, 1.165) is 31.2 Å². The van der Waals surface area contributed by atoms with E-state index in [1.54, 1.807) is 0 Å². The second-order valence-electron chi connectivity index (χ2n) is 7.24. The quantitative estimate of drug-likeness (QED) is 0.715. The maximum absolute atomic E-state index is 11.0. The third-order valence-corrected chi connectivity index (χ3v) is 5.51. The zero-order chi connectivity index (χ0) is 14.1. The number of nitrogens with one attached hydrogen (secondary N) is 1. The fraction of sp³-hybridized carbons (Fsp3) is 0.938. The first-order chi connectivity index (χ1) is 9.61. The summed E-state index contributed by atoms with van der Waals surface area (Å²) in [5.41, 5.74) is 0. The van der Waals surface area contributed by atoms with Crippen molar-refractivity contribution in [3.05, 3.63) is 0 Å². The molecule has 0 aromatic carbocycles. The number of hydrogen-bond donors (Lipinski definition) is 2. The predicted molar refractivity (Wildman–Crippen MR) is 78.7 cm³/mol. The van der Waals surface area contributed by atoms with E-state index in [0.29, 0.717) is 18.1 Å². The van der Waals surface area contributed by atoms with Gasteiger partial charge in [-0.3, -0.25) is 9.69 Å². The van der Waals surface area contributed by atoms with Gasteiger partial charge in [-0.05, 0) is 57.3 Å². The molecule has 1 atom stereocenters. The maximum atomic E-state index is 11.0. The summed E-state index contributed by atoms with van der Waals surface area (Å²) in [5, 5.41) is 12.8. The summed E-state index contributed by atoms with van der Waals surface area (Å²) in [6.07, 6.45) is 9.03. The van der Waals surface area contributed by atoms with Crippen LogP contribution in [-0.2, 0) is 4.79 Å². The van der Waals surface area contributed by atoms with E-state index in [9.17, 15) is 4.79 Å². The number of rotatable bonds is 8. The van der Waals surface area contributed by atoms with Crippen molar-refractivity contribution in [1.29, 1.82) is 0 Å². The van der Waals surface area contributed by atoms with Crippen molar-refractivity contribution >= 4 is 5.97 Å². The number of aliphatic carboxylic acids is 1. The van der Waals surface area contributed by atoms with Crippen molar-refractivity contribution in [3.8, 4) is 0 Å². The lowest BCUT2D eigenvalue weighted by molar-refractivity contribution is -0.139. The molecule has 0 aliphatic heterocycles. The van der Waals surface area contributed by atoms with E-state index >= 15 is 0 Å². The van der Waals surface area contributed by atoms with Crippen LogP contribution >= 0.6 is 0 Å². The molecule has 3 rings (SSSR count). The molecular weight excluding hydrogens is 252 g/mol. The summed E-state index contributed by atoms with van der Waals surface area (Å²) >= 11 is 0. The number of carbonyl (C=O) groups is 1. The lowest BCUT2D eigenvalue weighted by Crippen LogP contribution is -2.57. The molecule has 4 nitrogen and oxygen atoms in total. The molecule has 20 heavy (non-hydrogen) atoms. The molecule has 0 amide bonds.